The first-order valence-corrected chi connectivity index (χ1v) is 5.77. The van der Waals surface area contributed by atoms with E-state index in [0.717, 1.165) is 5.56 Å². The third-order valence-corrected chi connectivity index (χ3v) is 2.64. The van der Waals surface area contributed by atoms with Gasteiger partial charge in [-0.2, -0.15) is 5.26 Å². The van der Waals surface area contributed by atoms with Crippen LogP contribution < -0.4 is 10.2 Å². The third kappa shape index (κ3) is 3.58. The maximum atomic E-state index is 9.06. The van der Waals surface area contributed by atoms with E-state index in [0.29, 0.717) is 23.4 Å². The molecule has 19 heavy (non-hydrogen) atoms. The van der Waals surface area contributed by atoms with E-state index in [-0.39, 0.29) is 0 Å². The van der Waals surface area contributed by atoms with Crippen LogP contribution in [0.25, 0.3) is 0 Å². The van der Waals surface area contributed by atoms with Crippen molar-refractivity contribution in [3.63, 3.8) is 0 Å². The van der Waals surface area contributed by atoms with E-state index in [2.05, 4.69) is 6.07 Å². The van der Waals surface area contributed by atoms with Crippen molar-refractivity contribution >= 4 is 12.6 Å². The molecule has 0 aromatic heterocycles. The van der Waals surface area contributed by atoms with Gasteiger partial charge in [0.1, 0.15) is 12.4 Å². The van der Waals surface area contributed by atoms with Gasteiger partial charge in [-0.3, -0.25) is 0 Å². The molecule has 0 amide bonds. The maximum Gasteiger partial charge on any atom is 0.488 e. The molecule has 0 spiro atoms. The Hall–Kier alpha value is -2.29. The number of ether oxygens (including phenoxy) is 1. The first kappa shape index (κ1) is 13.2. The van der Waals surface area contributed by atoms with E-state index in [1.165, 1.54) is 0 Å². The smallest absolute Gasteiger partial charge is 0.488 e. The van der Waals surface area contributed by atoms with Crippen molar-refractivity contribution in [1.29, 1.82) is 5.26 Å². The van der Waals surface area contributed by atoms with Crippen LogP contribution in [0.2, 0.25) is 0 Å². The standard InChI is InChI=1S/C14H12BNO3/c16-9-11-4-6-12(7-5-11)10-19-14-3-1-2-13(8-14)15(17)18/h1-8,17-18H,10H2. The lowest BCUT2D eigenvalue weighted by Crippen LogP contribution is -2.29. The summed E-state index contributed by atoms with van der Waals surface area (Å²) in [7, 11) is -1.50. The van der Waals surface area contributed by atoms with Gasteiger partial charge < -0.3 is 14.8 Å². The minimum atomic E-state index is -1.50. The number of nitrogens with zero attached hydrogens (tertiary/aromatic N) is 1. The van der Waals surface area contributed by atoms with Crippen molar-refractivity contribution in [1.82, 2.24) is 0 Å². The Balaban J connectivity index is 2.02. The molecule has 0 radical (unpaired) electrons. The lowest BCUT2D eigenvalue weighted by atomic mass is 9.80. The average molecular weight is 253 g/mol. The summed E-state index contributed by atoms with van der Waals surface area (Å²) in [5.41, 5.74) is 1.93. The van der Waals surface area contributed by atoms with Gasteiger partial charge in [0.15, 0.2) is 0 Å². The number of nitriles is 1. The molecular weight excluding hydrogens is 241 g/mol. The number of rotatable bonds is 4. The number of benzene rings is 2. The Morgan fingerprint density at radius 2 is 1.84 bits per heavy atom. The summed E-state index contributed by atoms with van der Waals surface area (Å²) in [6.45, 7) is 0.358. The predicted molar refractivity (Wildman–Crippen MR) is 71.8 cm³/mol. The van der Waals surface area contributed by atoms with Crippen molar-refractivity contribution < 1.29 is 14.8 Å². The molecule has 0 heterocycles. The normalized spacial score (nSPS) is 9.74. The summed E-state index contributed by atoms with van der Waals surface area (Å²) < 4.78 is 5.55. The monoisotopic (exact) mass is 253 g/mol. The highest BCUT2D eigenvalue weighted by atomic mass is 16.5. The Labute approximate surface area is 111 Å². The topological polar surface area (TPSA) is 73.5 Å². The second-order valence-electron chi connectivity index (χ2n) is 4.04. The van der Waals surface area contributed by atoms with Crippen LogP contribution in [0.15, 0.2) is 48.5 Å². The molecule has 0 bridgehead atoms. The molecule has 0 fully saturated rings. The van der Waals surface area contributed by atoms with Gasteiger partial charge in [-0.1, -0.05) is 24.3 Å². The summed E-state index contributed by atoms with van der Waals surface area (Å²) in [5, 5.41) is 26.8. The summed E-state index contributed by atoms with van der Waals surface area (Å²) in [4.78, 5) is 0. The van der Waals surface area contributed by atoms with Crippen LogP contribution in [0.1, 0.15) is 11.1 Å². The predicted octanol–water partition coefficient (Wildman–Crippen LogP) is 0.817. The molecule has 2 N–H and O–H groups in total. The van der Waals surface area contributed by atoms with Gasteiger partial charge in [-0.25, -0.2) is 0 Å². The quantitative estimate of drug-likeness (QED) is 0.791. The van der Waals surface area contributed by atoms with Crippen molar-refractivity contribution in [3.8, 4) is 11.8 Å². The maximum absolute atomic E-state index is 9.06. The van der Waals surface area contributed by atoms with E-state index in [1.807, 2.05) is 12.1 Å². The second kappa shape index (κ2) is 6.05. The molecule has 2 rings (SSSR count). The van der Waals surface area contributed by atoms with Crippen LogP contribution in [0.5, 0.6) is 5.75 Å². The van der Waals surface area contributed by atoms with Crippen LogP contribution in [0.3, 0.4) is 0 Å². The molecule has 0 saturated carbocycles. The van der Waals surface area contributed by atoms with Gasteiger partial charge in [-0.05, 0) is 35.3 Å². The van der Waals surface area contributed by atoms with E-state index in [1.54, 1.807) is 36.4 Å². The van der Waals surface area contributed by atoms with Crippen molar-refractivity contribution in [2.75, 3.05) is 0 Å². The molecule has 5 heteroatoms. The SMILES string of the molecule is N#Cc1ccc(COc2cccc(B(O)O)c2)cc1. The summed E-state index contributed by atoms with van der Waals surface area (Å²) in [6.07, 6.45) is 0. The van der Waals surface area contributed by atoms with Crippen LogP contribution in [0.4, 0.5) is 0 Å². The fraction of sp³-hybridized carbons (Fsp3) is 0.0714. The van der Waals surface area contributed by atoms with E-state index in [9.17, 15) is 0 Å². The summed E-state index contributed by atoms with van der Waals surface area (Å²) in [5.74, 6) is 0.565. The van der Waals surface area contributed by atoms with Gasteiger partial charge in [0.05, 0.1) is 11.6 Å². The minimum absolute atomic E-state index is 0.358. The van der Waals surface area contributed by atoms with Crippen LogP contribution in [-0.2, 0) is 6.61 Å². The van der Waals surface area contributed by atoms with Gasteiger partial charge in [0.2, 0.25) is 0 Å². The fourth-order valence-corrected chi connectivity index (χ4v) is 1.61. The van der Waals surface area contributed by atoms with Gasteiger partial charge in [0.25, 0.3) is 0 Å². The van der Waals surface area contributed by atoms with Crippen LogP contribution in [0, 0.1) is 11.3 Å². The molecule has 0 unspecified atom stereocenters. The first-order valence-electron chi connectivity index (χ1n) is 5.77. The molecule has 0 saturated heterocycles. The van der Waals surface area contributed by atoms with E-state index < -0.39 is 7.12 Å². The van der Waals surface area contributed by atoms with Crippen molar-refractivity contribution in [2.24, 2.45) is 0 Å². The third-order valence-electron chi connectivity index (χ3n) is 2.64. The molecule has 0 aliphatic rings. The Morgan fingerprint density at radius 3 is 2.47 bits per heavy atom. The zero-order valence-corrected chi connectivity index (χ0v) is 10.2. The molecular formula is C14H12BNO3. The number of hydrogen-bond acceptors (Lipinski definition) is 4. The molecule has 0 aliphatic carbocycles. The van der Waals surface area contributed by atoms with Crippen LogP contribution in [-0.4, -0.2) is 17.2 Å². The van der Waals surface area contributed by atoms with E-state index >= 15 is 0 Å². The molecule has 0 aliphatic heterocycles. The molecule has 0 atom stereocenters. The molecule has 94 valence electrons. The number of hydrogen-bond donors (Lipinski definition) is 2. The summed E-state index contributed by atoms with van der Waals surface area (Å²) >= 11 is 0. The molecule has 4 nitrogen and oxygen atoms in total. The highest BCUT2D eigenvalue weighted by molar-refractivity contribution is 6.58. The lowest BCUT2D eigenvalue weighted by molar-refractivity contribution is 0.306. The molecule has 2 aromatic rings. The zero-order valence-electron chi connectivity index (χ0n) is 10.2. The Bertz CT molecular complexity index is 590. The zero-order chi connectivity index (χ0) is 13.7. The Morgan fingerprint density at radius 1 is 1.11 bits per heavy atom. The molecule has 2 aromatic carbocycles. The second-order valence-corrected chi connectivity index (χ2v) is 4.04. The van der Waals surface area contributed by atoms with Gasteiger partial charge in [-0.15, -0.1) is 0 Å². The van der Waals surface area contributed by atoms with Crippen LogP contribution >= 0.6 is 0 Å². The highest BCUT2D eigenvalue weighted by Crippen LogP contribution is 2.11. The van der Waals surface area contributed by atoms with E-state index in [4.69, 9.17) is 20.0 Å². The van der Waals surface area contributed by atoms with Crippen molar-refractivity contribution in [3.05, 3.63) is 59.7 Å². The van der Waals surface area contributed by atoms with Crippen molar-refractivity contribution in [2.45, 2.75) is 6.61 Å². The first-order chi connectivity index (χ1) is 9.19. The van der Waals surface area contributed by atoms with Gasteiger partial charge >= 0.3 is 7.12 Å². The van der Waals surface area contributed by atoms with Gasteiger partial charge in [0, 0.05) is 0 Å². The minimum Gasteiger partial charge on any atom is -0.489 e. The average Bonchev–Trinajstić information content (AvgIpc) is 2.46. The lowest BCUT2D eigenvalue weighted by Gasteiger charge is -2.08. The largest absolute Gasteiger partial charge is 0.489 e. The fourth-order valence-electron chi connectivity index (χ4n) is 1.61. The summed E-state index contributed by atoms with van der Waals surface area (Å²) in [6, 6.07) is 15.8. The Kier molecular flexibility index (Phi) is 4.19. The highest BCUT2D eigenvalue weighted by Gasteiger charge is 2.10.